The van der Waals surface area contributed by atoms with E-state index in [-0.39, 0.29) is 5.69 Å². The van der Waals surface area contributed by atoms with Crippen LogP contribution in [0.5, 0.6) is 0 Å². The minimum atomic E-state index is -0.617. The van der Waals surface area contributed by atoms with Crippen molar-refractivity contribution >= 4 is 11.8 Å². The maximum absolute atomic E-state index is 13.0. The standard InChI is InChI=1S/C21H17FN2O3/c22-16-10-8-15(9-11-16)20(25)13-27-21(26)19-12-18(14-6-7-14)23-24(19)17-4-2-1-3-5-17/h1-5,8-12,14H,6-7,13H2. The van der Waals surface area contributed by atoms with E-state index in [4.69, 9.17) is 4.74 Å². The summed E-state index contributed by atoms with van der Waals surface area (Å²) in [5.74, 6) is -1.06. The fourth-order valence-corrected chi connectivity index (χ4v) is 2.81. The van der Waals surface area contributed by atoms with Gasteiger partial charge in [0.2, 0.25) is 0 Å². The highest BCUT2D eigenvalue weighted by Gasteiger charge is 2.29. The molecule has 0 atom stereocenters. The van der Waals surface area contributed by atoms with Crippen LogP contribution >= 0.6 is 0 Å². The molecule has 0 radical (unpaired) electrons. The summed E-state index contributed by atoms with van der Waals surface area (Å²) in [6, 6.07) is 16.2. The van der Waals surface area contributed by atoms with Crippen molar-refractivity contribution in [3.63, 3.8) is 0 Å². The third-order valence-corrected chi connectivity index (χ3v) is 4.43. The smallest absolute Gasteiger partial charge is 0.357 e. The van der Waals surface area contributed by atoms with Crippen molar-refractivity contribution in [1.29, 1.82) is 0 Å². The molecule has 6 heteroatoms. The molecule has 5 nitrogen and oxygen atoms in total. The van der Waals surface area contributed by atoms with Crippen LogP contribution in [0.1, 0.15) is 45.3 Å². The third kappa shape index (κ3) is 3.79. The summed E-state index contributed by atoms with van der Waals surface area (Å²) in [5, 5.41) is 4.55. The number of ketones is 1. The van der Waals surface area contributed by atoms with Gasteiger partial charge >= 0.3 is 5.97 Å². The Balaban J connectivity index is 1.52. The van der Waals surface area contributed by atoms with E-state index in [0.717, 1.165) is 24.2 Å². The van der Waals surface area contributed by atoms with Gasteiger partial charge in [-0.25, -0.2) is 13.9 Å². The van der Waals surface area contributed by atoms with Gasteiger partial charge in [0, 0.05) is 11.5 Å². The highest BCUT2D eigenvalue weighted by atomic mass is 19.1. The number of hydrogen-bond donors (Lipinski definition) is 0. The van der Waals surface area contributed by atoms with Crippen LogP contribution in [-0.4, -0.2) is 28.1 Å². The van der Waals surface area contributed by atoms with Gasteiger partial charge in [-0.1, -0.05) is 18.2 Å². The molecule has 0 spiro atoms. The van der Waals surface area contributed by atoms with Crippen molar-refractivity contribution in [1.82, 2.24) is 9.78 Å². The topological polar surface area (TPSA) is 61.2 Å². The Hall–Kier alpha value is -3.28. The van der Waals surface area contributed by atoms with E-state index in [1.807, 2.05) is 30.3 Å². The summed E-state index contributed by atoms with van der Waals surface area (Å²) in [6.07, 6.45) is 2.12. The van der Waals surface area contributed by atoms with Gasteiger partial charge in [-0.15, -0.1) is 0 Å². The van der Waals surface area contributed by atoms with E-state index in [0.29, 0.717) is 11.5 Å². The molecule has 1 aliphatic rings. The molecular weight excluding hydrogens is 347 g/mol. The van der Waals surface area contributed by atoms with E-state index < -0.39 is 24.2 Å². The van der Waals surface area contributed by atoms with Crippen molar-refractivity contribution in [3.05, 3.63) is 83.4 Å². The molecule has 0 N–H and O–H groups in total. The molecule has 1 aromatic heterocycles. The number of Topliss-reactive ketones (excluding diaryl/α,β-unsaturated/α-hetero) is 1. The van der Waals surface area contributed by atoms with E-state index in [2.05, 4.69) is 5.10 Å². The predicted molar refractivity (Wildman–Crippen MR) is 96.6 cm³/mol. The second-order valence-corrected chi connectivity index (χ2v) is 6.48. The first-order valence-corrected chi connectivity index (χ1v) is 8.73. The van der Waals surface area contributed by atoms with Crippen LogP contribution in [0, 0.1) is 5.82 Å². The Morgan fingerprint density at radius 3 is 2.44 bits per heavy atom. The number of carbonyl (C=O) groups is 2. The van der Waals surface area contributed by atoms with Crippen LogP contribution in [0.4, 0.5) is 4.39 Å². The lowest BCUT2D eigenvalue weighted by atomic mass is 10.1. The number of aromatic nitrogens is 2. The number of esters is 1. The number of halogens is 1. The van der Waals surface area contributed by atoms with E-state index in [1.54, 1.807) is 10.7 Å². The molecule has 2 aromatic carbocycles. The van der Waals surface area contributed by atoms with Crippen LogP contribution in [0.2, 0.25) is 0 Å². The van der Waals surface area contributed by atoms with E-state index in [9.17, 15) is 14.0 Å². The fraction of sp³-hybridized carbons (Fsp3) is 0.190. The van der Waals surface area contributed by atoms with Gasteiger partial charge in [0.1, 0.15) is 5.82 Å². The summed E-state index contributed by atoms with van der Waals surface area (Å²) in [6.45, 7) is -0.413. The normalized spacial score (nSPS) is 13.4. The summed E-state index contributed by atoms with van der Waals surface area (Å²) in [5.41, 5.74) is 2.19. The minimum absolute atomic E-state index is 0.287. The zero-order valence-corrected chi connectivity index (χ0v) is 14.5. The Kier molecular flexibility index (Phi) is 4.54. The van der Waals surface area contributed by atoms with Crippen molar-refractivity contribution in [3.8, 4) is 5.69 Å². The Labute approximate surface area is 155 Å². The first kappa shape index (κ1) is 17.1. The number of ether oxygens (including phenoxy) is 1. The van der Waals surface area contributed by atoms with Gasteiger partial charge in [-0.2, -0.15) is 5.10 Å². The minimum Gasteiger partial charge on any atom is -0.453 e. The maximum Gasteiger partial charge on any atom is 0.357 e. The van der Waals surface area contributed by atoms with Crippen LogP contribution in [0.15, 0.2) is 60.7 Å². The summed E-state index contributed by atoms with van der Waals surface area (Å²) < 4.78 is 19.7. The van der Waals surface area contributed by atoms with Gasteiger partial charge < -0.3 is 4.74 Å². The molecule has 0 aliphatic heterocycles. The largest absolute Gasteiger partial charge is 0.453 e. The van der Waals surface area contributed by atoms with Gasteiger partial charge in [-0.05, 0) is 55.3 Å². The average molecular weight is 364 g/mol. The highest BCUT2D eigenvalue weighted by molar-refractivity contribution is 5.99. The van der Waals surface area contributed by atoms with Crippen molar-refractivity contribution < 1.29 is 18.7 Å². The maximum atomic E-state index is 13.0. The van der Waals surface area contributed by atoms with Gasteiger partial charge in [0.05, 0.1) is 11.4 Å². The lowest BCUT2D eigenvalue weighted by Crippen LogP contribution is -2.17. The van der Waals surface area contributed by atoms with Crippen molar-refractivity contribution in [2.75, 3.05) is 6.61 Å². The summed E-state index contributed by atoms with van der Waals surface area (Å²) in [7, 11) is 0. The number of nitrogens with zero attached hydrogens (tertiary/aromatic N) is 2. The molecule has 0 saturated heterocycles. The predicted octanol–water partition coefficient (Wildman–Crippen LogP) is 3.93. The lowest BCUT2D eigenvalue weighted by Gasteiger charge is -2.07. The molecule has 1 fully saturated rings. The fourth-order valence-electron chi connectivity index (χ4n) is 2.81. The summed E-state index contributed by atoms with van der Waals surface area (Å²) >= 11 is 0. The molecule has 0 amide bonds. The molecule has 3 aromatic rings. The second kappa shape index (κ2) is 7.15. The van der Waals surface area contributed by atoms with Crippen LogP contribution in [-0.2, 0) is 4.74 Å². The highest BCUT2D eigenvalue weighted by Crippen LogP contribution is 2.39. The van der Waals surface area contributed by atoms with Gasteiger partial charge in [0.15, 0.2) is 18.1 Å². The molecule has 0 unspecified atom stereocenters. The van der Waals surface area contributed by atoms with Crippen LogP contribution in [0.25, 0.3) is 5.69 Å². The van der Waals surface area contributed by atoms with Crippen LogP contribution < -0.4 is 0 Å². The molecular formula is C21H17FN2O3. The molecule has 0 bridgehead atoms. The first-order chi connectivity index (χ1) is 13.1. The van der Waals surface area contributed by atoms with Gasteiger partial charge in [-0.3, -0.25) is 4.79 Å². The molecule has 4 rings (SSSR count). The Morgan fingerprint density at radius 2 is 1.78 bits per heavy atom. The molecule has 136 valence electrons. The zero-order chi connectivity index (χ0) is 18.8. The second-order valence-electron chi connectivity index (χ2n) is 6.48. The van der Waals surface area contributed by atoms with Gasteiger partial charge in [0.25, 0.3) is 0 Å². The molecule has 1 aliphatic carbocycles. The molecule has 27 heavy (non-hydrogen) atoms. The zero-order valence-electron chi connectivity index (χ0n) is 14.5. The first-order valence-electron chi connectivity index (χ1n) is 8.73. The quantitative estimate of drug-likeness (QED) is 0.491. The van der Waals surface area contributed by atoms with Crippen LogP contribution in [0.3, 0.4) is 0 Å². The summed E-state index contributed by atoms with van der Waals surface area (Å²) in [4.78, 5) is 24.7. The number of hydrogen-bond acceptors (Lipinski definition) is 4. The van der Waals surface area contributed by atoms with Crippen molar-refractivity contribution in [2.45, 2.75) is 18.8 Å². The number of para-hydroxylation sites is 1. The Morgan fingerprint density at radius 1 is 1.07 bits per heavy atom. The average Bonchev–Trinajstić information content (AvgIpc) is 3.45. The lowest BCUT2D eigenvalue weighted by molar-refractivity contribution is 0.0465. The molecule has 1 heterocycles. The number of carbonyl (C=O) groups excluding carboxylic acids is 2. The monoisotopic (exact) mass is 364 g/mol. The SMILES string of the molecule is O=C(COC(=O)c1cc(C2CC2)nn1-c1ccccc1)c1ccc(F)cc1. The van der Waals surface area contributed by atoms with E-state index in [1.165, 1.54) is 24.3 Å². The number of benzene rings is 2. The van der Waals surface area contributed by atoms with E-state index >= 15 is 0 Å². The molecule has 1 saturated carbocycles. The number of rotatable bonds is 6. The third-order valence-electron chi connectivity index (χ3n) is 4.43. The Bertz CT molecular complexity index is 976. The van der Waals surface area contributed by atoms with Crippen molar-refractivity contribution in [2.24, 2.45) is 0 Å².